The SMILES string of the molecule is CCCNc1cc(C)nc(COCCC(F)(F)F)n1. The summed E-state index contributed by atoms with van der Waals surface area (Å²) >= 11 is 0. The summed E-state index contributed by atoms with van der Waals surface area (Å²) in [5.41, 5.74) is 0.753. The molecule has 0 aliphatic heterocycles. The highest BCUT2D eigenvalue weighted by Gasteiger charge is 2.26. The van der Waals surface area contributed by atoms with Crippen molar-refractivity contribution in [2.45, 2.75) is 39.5 Å². The van der Waals surface area contributed by atoms with E-state index in [9.17, 15) is 13.2 Å². The van der Waals surface area contributed by atoms with Crippen molar-refractivity contribution in [2.75, 3.05) is 18.5 Å². The summed E-state index contributed by atoms with van der Waals surface area (Å²) in [6.45, 7) is 4.22. The summed E-state index contributed by atoms with van der Waals surface area (Å²) < 4.78 is 40.7. The Labute approximate surface area is 110 Å². The Hall–Kier alpha value is -1.37. The number of nitrogens with one attached hydrogen (secondary N) is 1. The zero-order chi connectivity index (χ0) is 14.3. The van der Waals surface area contributed by atoms with Gasteiger partial charge in [0.15, 0.2) is 5.82 Å². The summed E-state index contributed by atoms with van der Waals surface area (Å²) in [6, 6.07) is 1.79. The Morgan fingerprint density at radius 2 is 2.05 bits per heavy atom. The van der Waals surface area contributed by atoms with Gasteiger partial charge in [-0.2, -0.15) is 13.2 Å². The van der Waals surface area contributed by atoms with Gasteiger partial charge in [-0.05, 0) is 13.3 Å². The van der Waals surface area contributed by atoms with Crippen LogP contribution in [-0.2, 0) is 11.3 Å². The molecule has 0 unspecified atom stereocenters. The van der Waals surface area contributed by atoms with E-state index in [4.69, 9.17) is 4.74 Å². The van der Waals surface area contributed by atoms with Gasteiger partial charge in [-0.25, -0.2) is 9.97 Å². The van der Waals surface area contributed by atoms with Gasteiger partial charge in [0.1, 0.15) is 12.4 Å². The van der Waals surface area contributed by atoms with Crippen LogP contribution in [0.4, 0.5) is 19.0 Å². The minimum absolute atomic E-state index is 0.0153. The Balaban J connectivity index is 2.46. The van der Waals surface area contributed by atoms with Crippen molar-refractivity contribution in [2.24, 2.45) is 0 Å². The zero-order valence-electron chi connectivity index (χ0n) is 11.0. The second-order valence-corrected chi connectivity index (χ2v) is 4.16. The maximum atomic E-state index is 11.9. The van der Waals surface area contributed by atoms with Crippen LogP contribution >= 0.6 is 0 Å². The number of nitrogens with zero attached hydrogens (tertiary/aromatic N) is 2. The minimum Gasteiger partial charge on any atom is -0.373 e. The molecule has 1 N–H and O–H groups in total. The Bertz CT molecular complexity index is 396. The van der Waals surface area contributed by atoms with Gasteiger partial charge in [-0.1, -0.05) is 6.92 Å². The van der Waals surface area contributed by atoms with E-state index in [1.54, 1.807) is 13.0 Å². The molecule has 0 aliphatic carbocycles. The van der Waals surface area contributed by atoms with Gasteiger partial charge in [0.25, 0.3) is 0 Å². The van der Waals surface area contributed by atoms with Crippen LogP contribution in [-0.4, -0.2) is 29.3 Å². The fraction of sp³-hybridized carbons (Fsp3) is 0.667. The molecule has 4 nitrogen and oxygen atoms in total. The average Bonchev–Trinajstić information content (AvgIpc) is 2.30. The molecular weight excluding hydrogens is 259 g/mol. The number of aryl methyl sites for hydroxylation is 1. The maximum Gasteiger partial charge on any atom is 0.391 e. The lowest BCUT2D eigenvalue weighted by atomic mass is 10.4. The molecule has 0 aromatic carbocycles. The first-order valence-corrected chi connectivity index (χ1v) is 6.13. The van der Waals surface area contributed by atoms with Gasteiger partial charge in [0.05, 0.1) is 13.0 Å². The van der Waals surface area contributed by atoms with Crippen LogP contribution < -0.4 is 5.32 Å². The highest BCUT2D eigenvalue weighted by Crippen LogP contribution is 2.19. The number of anilines is 1. The van der Waals surface area contributed by atoms with Gasteiger partial charge >= 0.3 is 6.18 Å². The van der Waals surface area contributed by atoms with Crippen molar-refractivity contribution in [3.05, 3.63) is 17.6 Å². The number of ether oxygens (including phenoxy) is 1. The van der Waals surface area contributed by atoms with E-state index < -0.39 is 12.6 Å². The van der Waals surface area contributed by atoms with Crippen molar-refractivity contribution < 1.29 is 17.9 Å². The summed E-state index contributed by atoms with van der Waals surface area (Å²) in [6.07, 6.45) is -4.19. The van der Waals surface area contributed by atoms with Gasteiger partial charge in [-0.15, -0.1) is 0 Å². The molecule has 0 spiro atoms. The first-order chi connectivity index (χ1) is 8.90. The molecule has 1 aromatic heterocycles. The third kappa shape index (κ3) is 6.95. The number of hydrogen-bond acceptors (Lipinski definition) is 4. The molecule has 0 bridgehead atoms. The summed E-state index contributed by atoms with van der Waals surface area (Å²) in [5, 5.41) is 3.10. The van der Waals surface area contributed by atoms with Crippen molar-refractivity contribution in [1.29, 1.82) is 0 Å². The van der Waals surface area contributed by atoms with Gasteiger partial charge in [0, 0.05) is 18.3 Å². The monoisotopic (exact) mass is 277 g/mol. The summed E-state index contributed by atoms with van der Waals surface area (Å²) in [7, 11) is 0. The van der Waals surface area contributed by atoms with E-state index in [0.29, 0.717) is 11.6 Å². The third-order valence-corrected chi connectivity index (χ3v) is 2.22. The molecule has 0 saturated heterocycles. The topological polar surface area (TPSA) is 47.0 Å². The first kappa shape index (κ1) is 15.7. The number of hydrogen-bond donors (Lipinski definition) is 1. The molecule has 0 atom stereocenters. The zero-order valence-corrected chi connectivity index (χ0v) is 11.0. The molecule has 0 fully saturated rings. The fourth-order valence-electron chi connectivity index (χ4n) is 1.39. The van der Waals surface area contributed by atoms with E-state index >= 15 is 0 Å². The Morgan fingerprint density at radius 3 is 2.68 bits per heavy atom. The normalized spacial score (nSPS) is 11.6. The fourth-order valence-corrected chi connectivity index (χ4v) is 1.39. The van der Waals surface area contributed by atoms with Crippen LogP contribution in [0.1, 0.15) is 31.3 Å². The highest BCUT2D eigenvalue weighted by molar-refractivity contribution is 5.35. The molecular formula is C12H18F3N3O. The van der Waals surface area contributed by atoms with Crippen LogP contribution in [0.3, 0.4) is 0 Å². The van der Waals surface area contributed by atoms with Crippen LogP contribution in [0.5, 0.6) is 0 Å². The van der Waals surface area contributed by atoms with Crippen LogP contribution in [0, 0.1) is 6.92 Å². The molecule has 1 rings (SSSR count). The summed E-state index contributed by atoms with van der Waals surface area (Å²) in [4.78, 5) is 8.30. The smallest absolute Gasteiger partial charge is 0.373 e. The number of alkyl halides is 3. The molecule has 1 aromatic rings. The van der Waals surface area contributed by atoms with Crippen LogP contribution in [0.25, 0.3) is 0 Å². The van der Waals surface area contributed by atoms with E-state index in [-0.39, 0.29) is 13.2 Å². The molecule has 19 heavy (non-hydrogen) atoms. The van der Waals surface area contributed by atoms with Crippen molar-refractivity contribution in [3.63, 3.8) is 0 Å². The summed E-state index contributed by atoms with van der Waals surface area (Å²) in [5.74, 6) is 1.06. The predicted molar refractivity (Wildman–Crippen MR) is 65.9 cm³/mol. The highest BCUT2D eigenvalue weighted by atomic mass is 19.4. The van der Waals surface area contributed by atoms with Crippen LogP contribution in [0.2, 0.25) is 0 Å². The lowest BCUT2D eigenvalue weighted by Gasteiger charge is -2.09. The standard InChI is InChI=1S/C12H18F3N3O/c1-3-5-16-10-7-9(2)17-11(18-10)8-19-6-4-12(13,14)15/h7H,3-6,8H2,1-2H3,(H,16,17,18). The third-order valence-electron chi connectivity index (χ3n) is 2.22. The average molecular weight is 277 g/mol. The van der Waals surface area contributed by atoms with E-state index in [2.05, 4.69) is 15.3 Å². The molecule has 0 radical (unpaired) electrons. The van der Waals surface area contributed by atoms with Crippen molar-refractivity contribution >= 4 is 5.82 Å². The largest absolute Gasteiger partial charge is 0.391 e. The van der Waals surface area contributed by atoms with Gasteiger partial charge in [0.2, 0.25) is 0 Å². The lowest BCUT2D eigenvalue weighted by molar-refractivity contribution is -0.146. The van der Waals surface area contributed by atoms with Crippen molar-refractivity contribution in [3.8, 4) is 0 Å². The number of halogens is 3. The van der Waals surface area contributed by atoms with E-state index in [1.165, 1.54) is 0 Å². The maximum absolute atomic E-state index is 11.9. The van der Waals surface area contributed by atoms with Gasteiger partial charge in [-0.3, -0.25) is 0 Å². The second kappa shape index (κ2) is 7.28. The molecule has 0 saturated carbocycles. The molecule has 0 amide bonds. The number of rotatable bonds is 7. The minimum atomic E-state index is -4.19. The van der Waals surface area contributed by atoms with Gasteiger partial charge < -0.3 is 10.1 Å². The second-order valence-electron chi connectivity index (χ2n) is 4.16. The van der Waals surface area contributed by atoms with E-state index in [1.807, 2.05) is 6.92 Å². The lowest BCUT2D eigenvalue weighted by Crippen LogP contribution is -2.12. The molecule has 108 valence electrons. The van der Waals surface area contributed by atoms with Crippen molar-refractivity contribution in [1.82, 2.24) is 9.97 Å². The van der Waals surface area contributed by atoms with E-state index in [0.717, 1.165) is 18.7 Å². The Morgan fingerprint density at radius 1 is 1.32 bits per heavy atom. The first-order valence-electron chi connectivity index (χ1n) is 6.13. The number of aromatic nitrogens is 2. The quantitative estimate of drug-likeness (QED) is 0.778. The molecule has 0 aliphatic rings. The predicted octanol–water partition coefficient (Wildman–Crippen LogP) is 3.08. The molecule has 7 heteroatoms. The molecule has 1 heterocycles. The van der Waals surface area contributed by atoms with Crippen LogP contribution in [0.15, 0.2) is 6.07 Å². The Kier molecular flexibility index (Phi) is 6.01.